The summed E-state index contributed by atoms with van der Waals surface area (Å²) in [6.45, 7) is 6.22. The summed E-state index contributed by atoms with van der Waals surface area (Å²) in [6.07, 6.45) is 9.18. The zero-order valence-corrected chi connectivity index (χ0v) is 17.4. The summed E-state index contributed by atoms with van der Waals surface area (Å²) in [5, 5.41) is 12.0. The number of aryl methyl sites for hydroxylation is 3. The van der Waals surface area contributed by atoms with Gasteiger partial charge in [0.15, 0.2) is 5.09 Å². The predicted octanol–water partition coefficient (Wildman–Crippen LogP) is 5.56. The van der Waals surface area contributed by atoms with Crippen molar-refractivity contribution < 1.29 is 9.52 Å². The van der Waals surface area contributed by atoms with Crippen LogP contribution in [0.2, 0.25) is 0 Å². The first-order chi connectivity index (χ1) is 12.9. The van der Waals surface area contributed by atoms with Crippen molar-refractivity contribution in [3.05, 3.63) is 45.7 Å². The Labute approximate surface area is 166 Å². The molecule has 0 aliphatic heterocycles. The van der Waals surface area contributed by atoms with E-state index in [0.717, 1.165) is 29.3 Å². The number of hydrogen-bond acceptors (Lipinski definition) is 4. The highest BCUT2D eigenvalue weighted by Gasteiger charge is 2.46. The summed E-state index contributed by atoms with van der Waals surface area (Å²) in [6, 6.07) is 4.52. The fourth-order valence-corrected chi connectivity index (χ4v) is 5.90. The molecule has 4 heteroatoms. The summed E-state index contributed by atoms with van der Waals surface area (Å²) >= 11 is 1.57. The Bertz CT molecular complexity index is 877. The number of nitrogens with one attached hydrogen (secondary N) is 1. The quantitative estimate of drug-likeness (QED) is 0.682. The average molecular weight is 384 g/mol. The van der Waals surface area contributed by atoms with Crippen LogP contribution in [0.1, 0.15) is 73.6 Å². The zero-order chi connectivity index (χ0) is 18.8. The molecule has 2 N–H and O–H groups in total. The second kappa shape index (κ2) is 6.05. The third-order valence-corrected chi connectivity index (χ3v) is 8.04. The second-order valence-corrected chi connectivity index (χ2v) is 10.1. The van der Waals surface area contributed by atoms with Crippen molar-refractivity contribution in [2.45, 2.75) is 82.8 Å². The Morgan fingerprint density at radius 1 is 0.963 bits per heavy atom. The van der Waals surface area contributed by atoms with Gasteiger partial charge in [-0.25, -0.2) is 0 Å². The molecule has 0 bridgehead atoms. The summed E-state index contributed by atoms with van der Waals surface area (Å²) in [4.78, 5) is 0. The standard InChI is InChI=1S/C23H29NO2S/c1-22(2)11-10-19-18(23(22,3)25)13-20(26-19)27-24-21-16-8-4-6-14(16)12-15-7-5-9-17(15)21/h12-13,24-25H,4-11H2,1-3H3. The molecule has 1 unspecified atom stereocenters. The fraction of sp³-hybridized carbons (Fsp3) is 0.565. The number of rotatable bonds is 3. The molecule has 3 aliphatic rings. The molecule has 1 heterocycles. The van der Waals surface area contributed by atoms with E-state index in [-0.39, 0.29) is 5.41 Å². The van der Waals surface area contributed by atoms with Crippen LogP contribution in [0.3, 0.4) is 0 Å². The molecule has 3 nitrogen and oxygen atoms in total. The Morgan fingerprint density at radius 3 is 2.30 bits per heavy atom. The van der Waals surface area contributed by atoms with Crippen LogP contribution in [0.4, 0.5) is 5.69 Å². The van der Waals surface area contributed by atoms with Gasteiger partial charge in [-0.05, 0) is 85.6 Å². The van der Waals surface area contributed by atoms with Gasteiger partial charge >= 0.3 is 0 Å². The highest BCUT2D eigenvalue weighted by Crippen LogP contribution is 2.50. The Balaban J connectivity index is 1.44. The molecule has 5 rings (SSSR count). The van der Waals surface area contributed by atoms with Gasteiger partial charge in [0.05, 0.1) is 11.3 Å². The molecular weight excluding hydrogens is 354 g/mol. The molecule has 2 aromatic rings. The van der Waals surface area contributed by atoms with E-state index >= 15 is 0 Å². The number of benzene rings is 1. The van der Waals surface area contributed by atoms with Crippen LogP contribution in [-0.2, 0) is 37.7 Å². The molecule has 1 aromatic heterocycles. The molecule has 144 valence electrons. The Hall–Kier alpha value is -1.39. The Kier molecular flexibility index (Phi) is 3.97. The van der Waals surface area contributed by atoms with E-state index in [1.807, 2.05) is 6.92 Å². The van der Waals surface area contributed by atoms with Gasteiger partial charge in [-0.2, -0.15) is 0 Å². The number of hydrogen-bond donors (Lipinski definition) is 2. The first kappa shape index (κ1) is 17.7. The van der Waals surface area contributed by atoms with E-state index in [0.29, 0.717) is 0 Å². The lowest BCUT2D eigenvalue weighted by Crippen LogP contribution is -2.42. The summed E-state index contributed by atoms with van der Waals surface area (Å²) < 4.78 is 9.80. The predicted molar refractivity (Wildman–Crippen MR) is 110 cm³/mol. The minimum atomic E-state index is -0.849. The maximum atomic E-state index is 11.1. The number of aliphatic hydroxyl groups is 1. The SMILES string of the molecule is CC1(C)CCc2oc(SNc3c4c(cc5c3CCC5)CCC4)cc2C1(C)O. The van der Waals surface area contributed by atoms with Gasteiger partial charge < -0.3 is 14.2 Å². The van der Waals surface area contributed by atoms with Crippen LogP contribution in [0, 0.1) is 5.41 Å². The molecule has 1 aromatic carbocycles. The molecule has 0 fully saturated rings. The summed E-state index contributed by atoms with van der Waals surface area (Å²) in [5.41, 5.74) is 7.46. The van der Waals surface area contributed by atoms with Crippen molar-refractivity contribution in [1.82, 2.24) is 0 Å². The van der Waals surface area contributed by atoms with E-state index in [2.05, 4.69) is 30.7 Å². The van der Waals surface area contributed by atoms with E-state index in [9.17, 15) is 5.11 Å². The van der Waals surface area contributed by atoms with Gasteiger partial charge in [-0.15, -0.1) is 0 Å². The van der Waals surface area contributed by atoms with Gasteiger partial charge in [0.1, 0.15) is 5.76 Å². The van der Waals surface area contributed by atoms with Gasteiger partial charge in [0.25, 0.3) is 0 Å². The normalized spacial score (nSPS) is 25.2. The minimum absolute atomic E-state index is 0.139. The summed E-state index contributed by atoms with van der Waals surface area (Å²) in [5.74, 6) is 0.951. The first-order valence-corrected chi connectivity index (χ1v) is 11.1. The minimum Gasteiger partial charge on any atom is -0.453 e. The average Bonchev–Trinajstić information content (AvgIpc) is 3.34. The highest BCUT2D eigenvalue weighted by atomic mass is 32.2. The smallest absolute Gasteiger partial charge is 0.181 e. The van der Waals surface area contributed by atoms with E-state index < -0.39 is 5.60 Å². The van der Waals surface area contributed by atoms with Gasteiger partial charge in [-0.3, -0.25) is 0 Å². The van der Waals surface area contributed by atoms with Gasteiger partial charge in [0, 0.05) is 23.9 Å². The number of anilines is 1. The molecule has 0 saturated heterocycles. The monoisotopic (exact) mass is 383 g/mol. The number of furan rings is 1. The Morgan fingerprint density at radius 2 is 1.63 bits per heavy atom. The molecule has 0 spiro atoms. The van der Waals surface area contributed by atoms with Crippen LogP contribution in [-0.4, -0.2) is 5.11 Å². The van der Waals surface area contributed by atoms with Crippen LogP contribution in [0.25, 0.3) is 0 Å². The first-order valence-electron chi connectivity index (χ1n) is 10.3. The van der Waals surface area contributed by atoms with E-state index in [1.54, 1.807) is 23.1 Å². The van der Waals surface area contributed by atoms with Gasteiger partial charge in [-0.1, -0.05) is 19.9 Å². The summed E-state index contributed by atoms with van der Waals surface area (Å²) in [7, 11) is 0. The van der Waals surface area contributed by atoms with Crippen LogP contribution in [0.15, 0.2) is 21.6 Å². The molecule has 1 atom stereocenters. The van der Waals surface area contributed by atoms with Crippen molar-refractivity contribution in [1.29, 1.82) is 0 Å². The van der Waals surface area contributed by atoms with Crippen molar-refractivity contribution in [3.8, 4) is 0 Å². The maximum absolute atomic E-state index is 11.1. The van der Waals surface area contributed by atoms with Crippen molar-refractivity contribution in [2.24, 2.45) is 5.41 Å². The lowest BCUT2D eigenvalue weighted by atomic mass is 9.65. The third kappa shape index (κ3) is 2.67. The molecule has 27 heavy (non-hydrogen) atoms. The molecular formula is C23H29NO2S. The lowest BCUT2D eigenvalue weighted by Gasteiger charge is -2.43. The largest absolute Gasteiger partial charge is 0.453 e. The van der Waals surface area contributed by atoms with Crippen LogP contribution < -0.4 is 4.72 Å². The van der Waals surface area contributed by atoms with Crippen LogP contribution >= 0.6 is 11.9 Å². The van der Waals surface area contributed by atoms with Crippen molar-refractivity contribution in [2.75, 3.05) is 4.72 Å². The fourth-order valence-electron chi connectivity index (χ4n) is 5.13. The zero-order valence-electron chi connectivity index (χ0n) is 16.6. The molecule has 3 aliphatic carbocycles. The lowest BCUT2D eigenvalue weighted by molar-refractivity contribution is -0.0715. The molecule has 0 radical (unpaired) electrons. The topological polar surface area (TPSA) is 45.4 Å². The van der Waals surface area contributed by atoms with Crippen molar-refractivity contribution >= 4 is 17.6 Å². The highest BCUT2D eigenvalue weighted by molar-refractivity contribution is 8.00. The van der Waals surface area contributed by atoms with Gasteiger partial charge in [0.2, 0.25) is 0 Å². The van der Waals surface area contributed by atoms with E-state index in [4.69, 9.17) is 4.42 Å². The van der Waals surface area contributed by atoms with E-state index in [1.165, 1.54) is 55.3 Å². The van der Waals surface area contributed by atoms with Crippen LogP contribution in [0.5, 0.6) is 0 Å². The maximum Gasteiger partial charge on any atom is 0.181 e. The third-order valence-electron chi connectivity index (χ3n) is 7.33. The molecule has 0 saturated carbocycles. The second-order valence-electron chi connectivity index (χ2n) is 9.30. The molecule has 0 amide bonds. The number of fused-ring (bicyclic) bond motifs is 3. The van der Waals surface area contributed by atoms with Crippen molar-refractivity contribution in [3.63, 3.8) is 0 Å².